The Bertz CT molecular complexity index is 545. The highest BCUT2D eigenvalue weighted by molar-refractivity contribution is 5.74. The average molecular weight is 326 g/mol. The van der Waals surface area contributed by atoms with Crippen LogP contribution in [0.25, 0.3) is 0 Å². The summed E-state index contributed by atoms with van der Waals surface area (Å²) in [5.41, 5.74) is -0.0788. The summed E-state index contributed by atoms with van der Waals surface area (Å²) >= 11 is 0. The number of aliphatic hydroxyl groups is 1. The molecular weight excluding hydrogens is 302 g/mol. The summed E-state index contributed by atoms with van der Waals surface area (Å²) in [6, 6.07) is 3.40. The molecule has 128 valence electrons. The minimum atomic E-state index is -0.857. The average Bonchev–Trinajstić information content (AvgIpc) is 2.94. The van der Waals surface area contributed by atoms with E-state index < -0.39 is 17.2 Å². The van der Waals surface area contributed by atoms with Gasteiger partial charge in [-0.05, 0) is 50.3 Å². The standard InChI is InChI=1S/C17H24F2N2O2/c1-12(4-5-13-6-7-14(18)15(19)10-13)21-16(22)20-11-17(23)8-2-3-9-17/h6-7,10,12,23H,2-5,8-9,11H2,1H3,(H2,20,21,22). The number of nitrogens with one attached hydrogen (secondary N) is 2. The largest absolute Gasteiger partial charge is 0.388 e. The van der Waals surface area contributed by atoms with Crippen LogP contribution in [-0.2, 0) is 6.42 Å². The van der Waals surface area contributed by atoms with Gasteiger partial charge in [0.15, 0.2) is 11.6 Å². The molecule has 4 nitrogen and oxygen atoms in total. The zero-order valence-corrected chi connectivity index (χ0v) is 13.4. The third-order valence-electron chi connectivity index (χ3n) is 4.34. The molecule has 1 saturated carbocycles. The first-order valence-corrected chi connectivity index (χ1v) is 8.09. The van der Waals surface area contributed by atoms with Crippen LogP contribution in [0.1, 0.15) is 44.6 Å². The maximum absolute atomic E-state index is 13.1. The van der Waals surface area contributed by atoms with Crippen LogP contribution >= 0.6 is 0 Å². The van der Waals surface area contributed by atoms with E-state index in [1.54, 1.807) is 6.07 Å². The number of amides is 2. The van der Waals surface area contributed by atoms with Crippen molar-refractivity contribution < 1.29 is 18.7 Å². The van der Waals surface area contributed by atoms with E-state index in [-0.39, 0.29) is 18.6 Å². The summed E-state index contributed by atoms with van der Waals surface area (Å²) in [5.74, 6) is -1.71. The van der Waals surface area contributed by atoms with E-state index in [4.69, 9.17) is 0 Å². The molecule has 23 heavy (non-hydrogen) atoms. The quantitative estimate of drug-likeness (QED) is 0.753. The Labute approximate surface area is 135 Å². The van der Waals surface area contributed by atoms with Crippen molar-refractivity contribution >= 4 is 6.03 Å². The van der Waals surface area contributed by atoms with Crippen LogP contribution in [0.4, 0.5) is 13.6 Å². The van der Waals surface area contributed by atoms with Gasteiger partial charge in [0.2, 0.25) is 0 Å². The highest BCUT2D eigenvalue weighted by Crippen LogP contribution is 2.28. The van der Waals surface area contributed by atoms with E-state index in [0.29, 0.717) is 18.4 Å². The van der Waals surface area contributed by atoms with Crippen molar-refractivity contribution in [2.24, 2.45) is 0 Å². The van der Waals surface area contributed by atoms with E-state index >= 15 is 0 Å². The number of halogens is 2. The van der Waals surface area contributed by atoms with Gasteiger partial charge in [-0.2, -0.15) is 0 Å². The normalized spacial score (nSPS) is 17.7. The Kier molecular flexibility index (Phi) is 5.93. The molecule has 0 heterocycles. The summed E-state index contributed by atoms with van der Waals surface area (Å²) in [6.45, 7) is 2.11. The third-order valence-corrected chi connectivity index (χ3v) is 4.34. The van der Waals surface area contributed by atoms with Crippen LogP contribution in [0.15, 0.2) is 18.2 Å². The summed E-state index contributed by atoms with van der Waals surface area (Å²) < 4.78 is 26.0. The molecule has 0 spiro atoms. The maximum atomic E-state index is 13.1. The predicted octanol–water partition coefficient (Wildman–Crippen LogP) is 2.89. The van der Waals surface area contributed by atoms with Crippen molar-refractivity contribution in [3.63, 3.8) is 0 Å². The van der Waals surface area contributed by atoms with Crippen LogP contribution in [-0.4, -0.2) is 29.3 Å². The first-order chi connectivity index (χ1) is 10.9. The fourth-order valence-corrected chi connectivity index (χ4v) is 2.88. The van der Waals surface area contributed by atoms with Crippen molar-refractivity contribution in [2.45, 2.75) is 57.1 Å². The molecule has 2 amide bonds. The van der Waals surface area contributed by atoms with Gasteiger partial charge in [0.1, 0.15) is 0 Å². The molecule has 1 aromatic carbocycles. The molecule has 6 heteroatoms. The lowest BCUT2D eigenvalue weighted by Crippen LogP contribution is -2.47. The molecule has 1 aliphatic rings. The van der Waals surface area contributed by atoms with E-state index in [2.05, 4.69) is 10.6 Å². The predicted molar refractivity (Wildman–Crippen MR) is 84.1 cm³/mol. The molecule has 1 fully saturated rings. The lowest BCUT2D eigenvalue weighted by molar-refractivity contribution is 0.0500. The van der Waals surface area contributed by atoms with Crippen LogP contribution < -0.4 is 10.6 Å². The second-order valence-corrected chi connectivity index (χ2v) is 6.45. The molecule has 3 N–H and O–H groups in total. The molecule has 2 rings (SSSR count). The second kappa shape index (κ2) is 7.73. The molecule has 1 unspecified atom stereocenters. The summed E-state index contributed by atoms with van der Waals surface area (Å²) in [5, 5.41) is 15.7. The van der Waals surface area contributed by atoms with Crippen LogP contribution in [0.5, 0.6) is 0 Å². The summed E-state index contributed by atoms with van der Waals surface area (Å²) in [4.78, 5) is 11.8. The molecular formula is C17H24F2N2O2. The van der Waals surface area contributed by atoms with Gasteiger partial charge >= 0.3 is 6.03 Å². The molecule has 0 bridgehead atoms. The van der Waals surface area contributed by atoms with E-state index in [1.165, 1.54) is 6.07 Å². The molecule has 1 aromatic rings. The summed E-state index contributed by atoms with van der Waals surface area (Å²) in [6.07, 6.45) is 4.58. The minimum Gasteiger partial charge on any atom is -0.388 e. The maximum Gasteiger partial charge on any atom is 0.315 e. The first-order valence-electron chi connectivity index (χ1n) is 8.09. The first kappa shape index (κ1) is 17.7. The van der Waals surface area contributed by atoms with Crippen molar-refractivity contribution in [3.05, 3.63) is 35.4 Å². The molecule has 1 atom stereocenters. The van der Waals surface area contributed by atoms with Gasteiger partial charge in [-0.15, -0.1) is 0 Å². The summed E-state index contributed by atoms with van der Waals surface area (Å²) in [7, 11) is 0. The number of rotatable bonds is 6. The van der Waals surface area contributed by atoms with Gasteiger partial charge in [0, 0.05) is 12.6 Å². The lowest BCUT2D eigenvalue weighted by atomic mass is 10.0. The molecule has 1 aliphatic carbocycles. The molecule has 0 radical (unpaired) electrons. The van der Waals surface area contributed by atoms with Crippen LogP contribution in [0.3, 0.4) is 0 Å². The van der Waals surface area contributed by atoms with E-state index in [9.17, 15) is 18.7 Å². The lowest BCUT2D eigenvalue weighted by Gasteiger charge is -2.23. The fraction of sp³-hybridized carbons (Fsp3) is 0.588. The topological polar surface area (TPSA) is 61.4 Å². The van der Waals surface area contributed by atoms with Crippen molar-refractivity contribution in [1.29, 1.82) is 0 Å². The van der Waals surface area contributed by atoms with Gasteiger partial charge in [-0.3, -0.25) is 0 Å². The third kappa shape index (κ3) is 5.46. The number of carbonyl (C=O) groups is 1. The second-order valence-electron chi connectivity index (χ2n) is 6.45. The molecule has 0 aromatic heterocycles. The Balaban J connectivity index is 1.70. The van der Waals surface area contributed by atoms with Gasteiger partial charge in [-0.1, -0.05) is 18.9 Å². The molecule has 0 saturated heterocycles. The SMILES string of the molecule is CC(CCc1ccc(F)c(F)c1)NC(=O)NCC1(O)CCCC1. The fourth-order valence-electron chi connectivity index (χ4n) is 2.88. The Morgan fingerprint density at radius 1 is 1.30 bits per heavy atom. The Morgan fingerprint density at radius 3 is 2.65 bits per heavy atom. The number of benzene rings is 1. The van der Waals surface area contributed by atoms with Gasteiger partial charge in [0.25, 0.3) is 0 Å². The van der Waals surface area contributed by atoms with Crippen LogP contribution in [0, 0.1) is 11.6 Å². The zero-order valence-electron chi connectivity index (χ0n) is 13.4. The molecule has 0 aliphatic heterocycles. The number of urea groups is 1. The highest BCUT2D eigenvalue weighted by atomic mass is 19.2. The highest BCUT2D eigenvalue weighted by Gasteiger charge is 2.31. The number of hydrogen-bond donors (Lipinski definition) is 3. The van der Waals surface area contributed by atoms with E-state index in [1.807, 2.05) is 6.92 Å². The number of aryl methyl sites for hydroxylation is 1. The van der Waals surface area contributed by atoms with Crippen molar-refractivity contribution in [1.82, 2.24) is 10.6 Å². The Hall–Kier alpha value is -1.69. The van der Waals surface area contributed by atoms with E-state index in [0.717, 1.165) is 31.7 Å². The zero-order chi connectivity index (χ0) is 16.9. The van der Waals surface area contributed by atoms with Crippen molar-refractivity contribution in [2.75, 3.05) is 6.54 Å². The minimum absolute atomic E-state index is 0.110. The Morgan fingerprint density at radius 2 is 2.00 bits per heavy atom. The number of carbonyl (C=O) groups excluding carboxylic acids is 1. The monoisotopic (exact) mass is 326 g/mol. The van der Waals surface area contributed by atoms with Gasteiger partial charge in [-0.25, -0.2) is 13.6 Å². The van der Waals surface area contributed by atoms with Crippen molar-refractivity contribution in [3.8, 4) is 0 Å². The van der Waals surface area contributed by atoms with Crippen LogP contribution in [0.2, 0.25) is 0 Å². The smallest absolute Gasteiger partial charge is 0.315 e. The number of hydrogen-bond acceptors (Lipinski definition) is 2. The van der Waals surface area contributed by atoms with Gasteiger partial charge < -0.3 is 15.7 Å². The van der Waals surface area contributed by atoms with Gasteiger partial charge in [0.05, 0.1) is 5.60 Å².